The van der Waals surface area contributed by atoms with Gasteiger partial charge in [0, 0.05) is 21.9 Å². The fourth-order valence-corrected chi connectivity index (χ4v) is 4.25. The summed E-state index contributed by atoms with van der Waals surface area (Å²) < 4.78 is 66.4. The molecule has 4 nitrogen and oxygen atoms in total. The summed E-state index contributed by atoms with van der Waals surface area (Å²) in [6, 6.07) is 5.06. The lowest BCUT2D eigenvalue weighted by Gasteiger charge is -2.20. The molecule has 30 heavy (non-hydrogen) atoms. The molecular formula is C20H19F5N3OS+. The first-order valence-corrected chi connectivity index (χ1v) is 10.4. The Balaban J connectivity index is 1.73. The second-order valence-electron chi connectivity index (χ2n) is 7.31. The number of fused-ring (bicyclic) bond motifs is 1. The van der Waals surface area contributed by atoms with E-state index in [9.17, 15) is 27.2 Å². The van der Waals surface area contributed by atoms with Crippen molar-refractivity contribution in [3.05, 3.63) is 42.4 Å². The topological polar surface area (TPSA) is 41.9 Å². The van der Waals surface area contributed by atoms with E-state index in [0.29, 0.717) is 22.7 Å². The first-order chi connectivity index (χ1) is 14.1. The lowest BCUT2D eigenvalue weighted by Crippen LogP contribution is -2.40. The molecule has 0 amide bonds. The molecule has 0 aromatic carbocycles. The molecule has 1 aliphatic carbocycles. The second-order valence-corrected chi connectivity index (χ2v) is 8.62. The van der Waals surface area contributed by atoms with Crippen LogP contribution < -0.4 is 4.73 Å². The normalized spacial score (nSPS) is 15.1. The van der Waals surface area contributed by atoms with Crippen LogP contribution in [0.15, 0.2) is 41.7 Å². The Labute approximate surface area is 173 Å². The lowest BCUT2D eigenvalue weighted by molar-refractivity contribution is -0.897. The number of alkyl halides is 5. The average molecular weight is 444 g/mol. The average Bonchev–Trinajstić information content (AvgIpc) is 3.43. The van der Waals surface area contributed by atoms with Gasteiger partial charge >= 0.3 is 12.1 Å². The van der Waals surface area contributed by atoms with E-state index in [2.05, 4.69) is 4.98 Å². The van der Waals surface area contributed by atoms with E-state index in [1.54, 1.807) is 24.0 Å². The van der Waals surface area contributed by atoms with E-state index in [0.717, 1.165) is 38.4 Å². The molecule has 0 unspecified atom stereocenters. The Morgan fingerprint density at radius 3 is 2.60 bits per heavy atom. The fourth-order valence-electron chi connectivity index (χ4n) is 3.38. The zero-order chi connectivity index (χ0) is 21.7. The summed E-state index contributed by atoms with van der Waals surface area (Å²) >= 11 is 1.54. The highest BCUT2D eigenvalue weighted by Crippen LogP contribution is 2.42. The Morgan fingerprint density at radius 1 is 1.23 bits per heavy atom. The van der Waals surface area contributed by atoms with Crippen LogP contribution in [0.5, 0.6) is 0 Å². The summed E-state index contributed by atoms with van der Waals surface area (Å²) in [4.78, 5) is 5.09. The minimum absolute atomic E-state index is 0.159. The Hall–Kier alpha value is -2.36. The van der Waals surface area contributed by atoms with E-state index < -0.39 is 18.6 Å². The van der Waals surface area contributed by atoms with Crippen molar-refractivity contribution < 1.29 is 31.9 Å². The summed E-state index contributed by atoms with van der Waals surface area (Å²) in [6.45, 7) is 0.464. The maximum atomic E-state index is 13.5. The number of rotatable bonds is 6. The molecular weight excluding hydrogens is 425 g/mol. The van der Waals surface area contributed by atoms with Crippen LogP contribution in [0.3, 0.4) is 0 Å². The number of nitrogens with zero attached hydrogens (tertiary/aromatic N) is 3. The highest BCUT2D eigenvalue weighted by atomic mass is 32.2. The predicted octanol–water partition coefficient (Wildman–Crippen LogP) is 5.42. The van der Waals surface area contributed by atoms with E-state index in [1.165, 1.54) is 18.5 Å². The molecule has 10 heteroatoms. The third-order valence-electron chi connectivity index (χ3n) is 5.06. The second kappa shape index (κ2) is 7.40. The van der Waals surface area contributed by atoms with Crippen molar-refractivity contribution >= 4 is 22.7 Å². The van der Waals surface area contributed by atoms with Crippen LogP contribution in [-0.2, 0) is 6.54 Å². The number of hydrogen-bond donors (Lipinski definition) is 1. The lowest BCUT2D eigenvalue weighted by atomic mass is 10.1. The molecule has 1 aliphatic rings. The van der Waals surface area contributed by atoms with Gasteiger partial charge in [0.25, 0.3) is 5.69 Å². The number of pyridine rings is 2. The van der Waals surface area contributed by atoms with Gasteiger partial charge in [0.05, 0.1) is 23.2 Å². The van der Waals surface area contributed by atoms with Crippen molar-refractivity contribution in [2.75, 3.05) is 5.75 Å². The van der Waals surface area contributed by atoms with Gasteiger partial charge in [-0.05, 0) is 42.7 Å². The molecule has 1 fully saturated rings. The minimum Gasteiger partial charge on any atom is -0.340 e. The highest BCUT2D eigenvalue weighted by Gasteiger charge is 2.57. The number of hydrogen-bond acceptors (Lipinski definition) is 3. The first kappa shape index (κ1) is 20.9. The molecule has 3 aromatic rings. The van der Waals surface area contributed by atoms with Crippen LogP contribution in [-0.4, -0.2) is 32.6 Å². The van der Waals surface area contributed by atoms with Gasteiger partial charge in [0.15, 0.2) is 0 Å². The smallest absolute Gasteiger partial charge is 0.340 e. The maximum Gasteiger partial charge on any atom is 0.455 e. The summed E-state index contributed by atoms with van der Waals surface area (Å²) in [5.74, 6) is -3.64. The monoisotopic (exact) mass is 444 g/mol. The van der Waals surface area contributed by atoms with E-state index >= 15 is 0 Å². The largest absolute Gasteiger partial charge is 0.455 e. The van der Waals surface area contributed by atoms with Crippen LogP contribution in [0.2, 0.25) is 0 Å². The molecule has 1 saturated carbocycles. The molecule has 1 N–H and O–H groups in total. The third-order valence-corrected chi connectivity index (χ3v) is 5.97. The number of aromatic nitrogens is 3. The summed E-state index contributed by atoms with van der Waals surface area (Å²) in [5, 5.41) is 11.0. The Bertz CT molecular complexity index is 1090. The van der Waals surface area contributed by atoms with Crippen molar-refractivity contribution in [3.8, 4) is 11.4 Å². The van der Waals surface area contributed by atoms with Gasteiger partial charge in [-0.15, -0.1) is 11.8 Å². The van der Waals surface area contributed by atoms with Crippen LogP contribution in [0, 0.1) is 0 Å². The van der Waals surface area contributed by atoms with Gasteiger partial charge in [0.2, 0.25) is 6.20 Å². The van der Waals surface area contributed by atoms with Gasteiger partial charge in [-0.1, -0.05) is 6.92 Å². The molecule has 0 radical (unpaired) electrons. The standard InChI is InChI=1S/C20H19F5N3OS/c1-2-30-17-8-14(12-3-4-12)10-28(29)18(17)15-7-13-5-6-27(16(13)9-26-15)11-19(21,22)20(23,24)25/h5-10,12,29H,2-4,11H2,1H3/q+1. The van der Waals surface area contributed by atoms with Crippen LogP contribution >= 0.6 is 11.8 Å². The van der Waals surface area contributed by atoms with E-state index in [-0.39, 0.29) is 5.52 Å². The molecule has 0 spiro atoms. The van der Waals surface area contributed by atoms with Crippen molar-refractivity contribution in [3.63, 3.8) is 0 Å². The number of halogens is 5. The van der Waals surface area contributed by atoms with Gasteiger partial charge in [-0.25, -0.2) is 4.98 Å². The zero-order valence-corrected chi connectivity index (χ0v) is 16.8. The van der Waals surface area contributed by atoms with Crippen molar-refractivity contribution in [1.82, 2.24) is 9.55 Å². The third kappa shape index (κ3) is 3.84. The molecule has 3 aromatic heterocycles. The van der Waals surface area contributed by atoms with Crippen LogP contribution in [0.1, 0.15) is 31.2 Å². The van der Waals surface area contributed by atoms with Gasteiger partial charge in [-0.3, -0.25) is 5.21 Å². The molecule has 4 rings (SSSR count). The van der Waals surface area contributed by atoms with Crippen molar-refractivity contribution in [2.45, 2.75) is 49.2 Å². The predicted molar refractivity (Wildman–Crippen MR) is 102 cm³/mol. The zero-order valence-electron chi connectivity index (χ0n) is 16.0. The number of thioether (sulfide) groups is 1. The van der Waals surface area contributed by atoms with E-state index in [4.69, 9.17) is 0 Å². The molecule has 0 bridgehead atoms. The van der Waals surface area contributed by atoms with E-state index in [1.807, 2.05) is 13.0 Å². The Morgan fingerprint density at radius 2 is 1.97 bits per heavy atom. The maximum absolute atomic E-state index is 13.5. The Kier molecular flexibility index (Phi) is 5.16. The van der Waals surface area contributed by atoms with Gasteiger partial charge < -0.3 is 4.57 Å². The highest BCUT2D eigenvalue weighted by molar-refractivity contribution is 7.99. The molecule has 160 valence electrons. The first-order valence-electron chi connectivity index (χ1n) is 9.42. The van der Waals surface area contributed by atoms with Crippen LogP contribution in [0.4, 0.5) is 22.0 Å². The van der Waals surface area contributed by atoms with Crippen molar-refractivity contribution in [1.29, 1.82) is 0 Å². The summed E-state index contributed by atoms with van der Waals surface area (Å²) in [5.41, 5.74) is 2.07. The SMILES string of the molecule is CCSc1cc(C2CC2)c[n+](O)c1-c1cc2ccn(CC(F)(F)C(F)(F)F)c2cn1. The molecule has 0 aliphatic heterocycles. The molecule has 0 atom stereocenters. The minimum atomic E-state index is -5.63. The molecule has 3 heterocycles. The summed E-state index contributed by atoms with van der Waals surface area (Å²) in [6.07, 6.45) is 0.612. The van der Waals surface area contributed by atoms with Gasteiger partial charge in [0.1, 0.15) is 5.69 Å². The summed E-state index contributed by atoms with van der Waals surface area (Å²) in [7, 11) is 0. The van der Waals surface area contributed by atoms with Crippen LogP contribution in [0.25, 0.3) is 22.3 Å². The quantitative estimate of drug-likeness (QED) is 0.239. The fraction of sp³-hybridized carbons (Fsp3) is 0.400. The molecule has 0 saturated heterocycles. The van der Waals surface area contributed by atoms with Crippen molar-refractivity contribution in [2.24, 2.45) is 0 Å². The van der Waals surface area contributed by atoms with Gasteiger partial charge in [-0.2, -0.15) is 22.0 Å².